The number of nitriles is 1. The third kappa shape index (κ3) is 4.69. The van der Waals surface area contributed by atoms with Gasteiger partial charge in [0.15, 0.2) is 0 Å². The average Bonchev–Trinajstić information content (AvgIpc) is 2.98. The predicted molar refractivity (Wildman–Crippen MR) is 128 cm³/mol. The number of benzene rings is 2. The maximum absolute atomic E-state index is 13.5. The second kappa shape index (κ2) is 10.2. The van der Waals surface area contributed by atoms with Gasteiger partial charge in [0.2, 0.25) is 5.91 Å². The Balaban J connectivity index is 1.72. The molecular formula is C25H24ClN3O2S. The summed E-state index contributed by atoms with van der Waals surface area (Å²) in [4.78, 5) is 30.1. The van der Waals surface area contributed by atoms with Gasteiger partial charge < -0.3 is 4.90 Å². The monoisotopic (exact) mass is 465 g/mol. The lowest BCUT2D eigenvalue weighted by Crippen LogP contribution is -2.35. The van der Waals surface area contributed by atoms with Crippen LogP contribution in [0.4, 0.5) is 5.69 Å². The number of para-hydroxylation sites is 1. The molecule has 164 valence electrons. The van der Waals surface area contributed by atoms with Crippen molar-refractivity contribution in [2.24, 2.45) is 0 Å². The van der Waals surface area contributed by atoms with Crippen LogP contribution in [-0.4, -0.2) is 35.1 Å². The van der Waals surface area contributed by atoms with Gasteiger partial charge in [-0.3, -0.25) is 14.5 Å². The molecule has 2 amide bonds. The van der Waals surface area contributed by atoms with Gasteiger partial charge in [-0.15, -0.1) is 0 Å². The van der Waals surface area contributed by atoms with Crippen LogP contribution in [0.5, 0.6) is 0 Å². The Morgan fingerprint density at radius 2 is 1.69 bits per heavy atom. The van der Waals surface area contributed by atoms with Crippen LogP contribution in [0.3, 0.4) is 0 Å². The summed E-state index contributed by atoms with van der Waals surface area (Å²) < 4.78 is 0. The van der Waals surface area contributed by atoms with E-state index in [4.69, 9.17) is 11.6 Å². The second-order valence-corrected chi connectivity index (χ2v) is 9.51. The van der Waals surface area contributed by atoms with Gasteiger partial charge in [0.1, 0.15) is 16.7 Å². The molecule has 0 N–H and O–H groups in total. The van der Waals surface area contributed by atoms with E-state index in [2.05, 4.69) is 6.07 Å². The zero-order chi connectivity index (χ0) is 22.5. The van der Waals surface area contributed by atoms with E-state index in [9.17, 15) is 14.9 Å². The van der Waals surface area contributed by atoms with Crippen molar-refractivity contribution >= 4 is 40.9 Å². The molecule has 1 unspecified atom stereocenters. The summed E-state index contributed by atoms with van der Waals surface area (Å²) in [6.45, 7) is 1.29. The molecule has 2 aliphatic rings. The van der Waals surface area contributed by atoms with Crippen molar-refractivity contribution in [3.63, 3.8) is 0 Å². The number of carbonyl (C=O) groups is 2. The predicted octanol–water partition coefficient (Wildman–Crippen LogP) is 5.17. The van der Waals surface area contributed by atoms with Crippen molar-refractivity contribution in [2.75, 3.05) is 18.0 Å². The highest BCUT2D eigenvalue weighted by Gasteiger charge is 2.41. The zero-order valence-electron chi connectivity index (χ0n) is 17.7. The van der Waals surface area contributed by atoms with Gasteiger partial charge in [-0.1, -0.05) is 72.6 Å². The minimum absolute atomic E-state index is 0.0377. The van der Waals surface area contributed by atoms with Crippen LogP contribution in [0.15, 0.2) is 65.2 Å². The molecule has 0 bridgehead atoms. The molecule has 0 spiro atoms. The van der Waals surface area contributed by atoms with Gasteiger partial charge in [-0.25, -0.2) is 0 Å². The Bertz CT molecular complexity index is 1070. The quantitative estimate of drug-likeness (QED) is 0.461. The number of likely N-dealkylation sites (tertiary alicyclic amines) is 1. The molecule has 0 saturated carbocycles. The molecule has 2 aliphatic heterocycles. The van der Waals surface area contributed by atoms with Crippen molar-refractivity contribution in [2.45, 2.75) is 37.4 Å². The van der Waals surface area contributed by atoms with Crippen molar-refractivity contribution < 1.29 is 9.59 Å². The normalized spacial score (nSPS) is 20.6. The lowest BCUT2D eigenvalue weighted by molar-refractivity contribution is -0.126. The highest BCUT2D eigenvalue weighted by molar-refractivity contribution is 8.05. The molecular weight excluding hydrogens is 442 g/mol. The van der Waals surface area contributed by atoms with Gasteiger partial charge >= 0.3 is 0 Å². The van der Waals surface area contributed by atoms with E-state index in [0.29, 0.717) is 35.2 Å². The lowest BCUT2D eigenvalue weighted by atomic mass is 10.1. The molecule has 7 heteroatoms. The Morgan fingerprint density at radius 1 is 1.03 bits per heavy atom. The van der Waals surface area contributed by atoms with Gasteiger partial charge in [-0.05, 0) is 43.0 Å². The Kier molecular flexibility index (Phi) is 7.19. The fraction of sp³-hybridized carbons (Fsp3) is 0.320. The summed E-state index contributed by atoms with van der Waals surface area (Å²) in [6.07, 6.45) is 4.47. The molecule has 2 heterocycles. The van der Waals surface area contributed by atoms with E-state index in [-0.39, 0.29) is 17.4 Å². The maximum atomic E-state index is 13.5. The van der Waals surface area contributed by atoms with Crippen molar-refractivity contribution in [3.8, 4) is 6.07 Å². The van der Waals surface area contributed by atoms with Crippen molar-refractivity contribution in [1.82, 2.24) is 4.90 Å². The average molecular weight is 466 g/mol. The Labute approximate surface area is 197 Å². The zero-order valence-corrected chi connectivity index (χ0v) is 19.2. The van der Waals surface area contributed by atoms with Gasteiger partial charge in [0.25, 0.3) is 5.91 Å². The Morgan fingerprint density at radius 3 is 2.34 bits per heavy atom. The number of thioether (sulfide) groups is 1. The maximum Gasteiger partial charge on any atom is 0.267 e. The molecule has 2 aromatic rings. The largest absolute Gasteiger partial charge is 0.338 e. The fourth-order valence-electron chi connectivity index (χ4n) is 4.09. The minimum Gasteiger partial charge on any atom is -0.338 e. The SMILES string of the molecule is N#C/C(C(=O)N1CCCCCC1)=C1/SC(Cc2ccccc2Cl)C(=O)N1c1ccccc1. The molecule has 0 aromatic heterocycles. The summed E-state index contributed by atoms with van der Waals surface area (Å²) in [5.41, 5.74) is 1.56. The summed E-state index contributed by atoms with van der Waals surface area (Å²) in [5.74, 6) is -0.434. The number of halogens is 1. The lowest BCUT2D eigenvalue weighted by Gasteiger charge is -2.23. The highest BCUT2D eigenvalue weighted by atomic mass is 35.5. The van der Waals surface area contributed by atoms with Crippen LogP contribution < -0.4 is 4.90 Å². The molecule has 0 radical (unpaired) electrons. The summed E-state index contributed by atoms with van der Waals surface area (Å²) in [5, 5.41) is 10.5. The first kappa shape index (κ1) is 22.4. The number of hydrogen-bond acceptors (Lipinski definition) is 4. The molecule has 2 aromatic carbocycles. The number of hydrogen-bond donors (Lipinski definition) is 0. The van der Waals surface area contributed by atoms with E-state index < -0.39 is 5.25 Å². The number of rotatable bonds is 4. The number of amides is 2. The van der Waals surface area contributed by atoms with Crippen LogP contribution >= 0.6 is 23.4 Å². The van der Waals surface area contributed by atoms with Crippen LogP contribution in [0, 0.1) is 11.3 Å². The van der Waals surface area contributed by atoms with E-state index in [0.717, 1.165) is 31.2 Å². The number of carbonyl (C=O) groups excluding carboxylic acids is 2. The minimum atomic E-state index is -0.467. The molecule has 32 heavy (non-hydrogen) atoms. The van der Waals surface area contributed by atoms with Gasteiger partial charge in [0, 0.05) is 23.8 Å². The third-order valence-electron chi connectivity index (χ3n) is 5.76. The molecule has 2 fully saturated rings. The second-order valence-electron chi connectivity index (χ2n) is 7.91. The van der Waals surface area contributed by atoms with Gasteiger partial charge in [-0.2, -0.15) is 5.26 Å². The summed E-state index contributed by atoms with van der Waals surface area (Å²) >= 11 is 7.62. The molecule has 4 rings (SSSR count). The molecule has 5 nitrogen and oxygen atoms in total. The van der Waals surface area contributed by atoms with E-state index in [1.807, 2.05) is 48.5 Å². The van der Waals surface area contributed by atoms with E-state index >= 15 is 0 Å². The Hall–Kier alpha value is -2.75. The van der Waals surface area contributed by atoms with Crippen LogP contribution in [-0.2, 0) is 16.0 Å². The summed E-state index contributed by atoms with van der Waals surface area (Å²) in [6, 6.07) is 18.8. The number of anilines is 1. The van der Waals surface area contributed by atoms with Crippen molar-refractivity contribution in [1.29, 1.82) is 5.26 Å². The molecule has 0 aliphatic carbocycles. The van der Waals surface area contributed by atoms with Crippen LogP contribution in [0.25, 0.3) is 0 Å². The smallest absolute Gasteiger partial charge is 0.267 e. The highest BCUT2D eigenvalue weighted by Crippen LogP contribution is 2.42. The summed E-state index contributed by atoms with van der Waals surface area (Å²) in [7, 11) is 0. The van der Waals surface area contributed by atoms with E-state index in [1.54, 1.807) is 11.0 Å². The van der Waals surface area contributed by atoms with Gasteiger partial charge in [0.05, 0.1) is 5.25 Å². The fourth-order valence-corrected chi connectivity index (χ4v) is 5.59. The topological polar surface area (TPSA) is 64.4 Å². The first-order valence-electron chi connectivity index (χ1n) is 10.8. The molecule has 2 saturated heterocycles. The first-order chi connectivity index (χ1) is 15.6. The third-order valence-corrected chi connectivity index (χ3v) is 7.39. The molecule has 1 atom stereocenters. The van der Waals surface area contributed by atoms with Crippen molar-refractivity contribution in [3.05, 3.63) is 75.8 Å². The first-order valence-corrected chi connectivity index (χ1v) is 12.1. The van der Waals surface area contributed by atoms with E-state index in [1.165, 1.54) is 16.7 Å². The van der Waals surface area contributed by atoms with Crippen LogP contribution in [0.1, 0.15) is 31.2 Å². The number of nitrogens with zero attached hydrogens (tertiary/aromatic N) is 3. The van der Waals surface area contributed by atoms with Crippen LogP contribution in [0.2, 0.25) is 5.02 Å². The standard InChI is InChI=1S/C25H24ClN3O2S/c26-21-13-7-6-10-18(21)16-22-24(31)29(19-11-4-3-5-12-19)25(32-22)20(17-27)23(30)28-14-8-1-2-9-15-28/h3-7,10-13,22H,1-2,8-9,14-16H2/b25-20-.